The molecular formula is C10H22O3. The molecule has 0 amide bonds. The standard InChI is InChI=1S/C10H22O3/c1-5-11-9(4)8-10(12-6-2)13-7-3/h9-10H,5-8H2,1-4H3/t9-/m0/s1. The van der Waals surface area contributed by atoms with Gasteiger partial charge in [0.25, 0.3) is 0 Å². The predicted octanol–water partition coefficient (Wildman–Crippen LogP) is 2.20. The van der Waals surface area contributed by atoms with Crippen LogP contribution in [-0.4, -0.2) is 32.2 Å². The van der Waals surface area contributed by atoms with Gasteiger partial charge < -0.3 is 14.2 Å². The fourth-order valence-electron chi connectivity index (χ4n) is 1.18. The summed E-state index contributed by atoms with van der Waals surface area (Å²) >= 11 is 0. The van der Waals surface area contributed by atoms with Crippen LogP contribution in [0.15, 0.2) is 0 Å². The Hall–Kier alpha value is -0.120. The van der Waals surface area contributed by atoms with Gasteiger partial charge in [-0.25, -0.2) is 0 Å². The SMILES string of the molecule is CCOC(C[C@H](C)OCC)OCC. The minimum atomic E-state index is -0.114. The quantitative estimate of drug-likeness (QED) is 0.549. The first-order chi connectivity index (χ1) is 6.24. The molecule has 0 heterocycles. The summed E-state index contributed by atoms with van der Waals surface area (Å²) < 4.78 is 16.2. The van der Waals surface area contributed by atoms with Crippen LogP contribution in [0.3, 0.4) is 0 Å². The van der Waals surface area contributed by atoms with Crippen molar-refractivity contribution in [3.63, 3.8) is 0 Å². The molecule has 0 saturated heterocycles. The lowest BCUT2D eigenvalue weighted by atomic mass is 10.3. The molecule has 3 nitrogen and oxygen atoms in total. The van der Waals surface area contributed by atoms with Crippen molar-refractivity contribution in [1.82, 2.24) is 0 Å². The third kappa shape index (κ3) is 6.99. The van der Waals surface area contributed by atoms with Crippen LogP contribution >= 0.6 is 0 Å². The highest BCUT2D eigenvalue weighted by Gasteiger charge is 2.12. The van der Waals surface area contributed by atoms with Crippen molar-refractivity contribution in [2.24, 2.45) is 0 Å². The fraction of sp³-hybridized carbons (Fsp3) is 1.00. The van der Waals surface area contributed by atoms with E-state index in [1.807, 2.05) is 27.7 Å². The highest BCUT2D eigenvalue weighted by atomic mass is 16.7. The molecule has 3 heteroatoms. The molecule has 1 atom stereocenters. The Bertz CT molecular complexity index is 100. The van der Waals surface area contributed by atoms with Crippen LogP contribution < -0.4 is 0 Å². The molecule has 0 aliphatic rings. The molecule has 0 aromatic heterocycles. The number of hydrogen-bond acceptors (Lipinski definition) is 3. The first-order valence-corrected chi connectivity index (χ1v) is 5.09. The Morgan fingerprint density at radius 1 is 0.846 bits per heavy atom. The summed E-state index contributed by atoms with van der Waals surface area (Å²) in [5, 5.41) is 0. The van der Waals surface area contributed by atoms with Crippen LogP contribution in [0.4, 0.5) is 0 Å². The molecule has 0 aromatic carbocycles. The molecule has 0 aliphatic carbocycles. The van der Waals surface area contributed by atoms with E-state index in [9.17, 15) is 0 Å². The lowest BCUT2D eigenvalue weighted by Crippen LogP contribution is -2.24. The van der Waals surface area contributed by atoms with Gasteiger partial charge in [0.2, 0.25) is 0 Å². The van der Waals surface area contributed by atoms with Gasteiger partial charge in [0, 0.05) is 26.2 Å². The number of hydrogen-bond donors (Lipinski definition) is 0. The second kappa shape index (κ2) is 8.48. The van der Waals surface area contributed by atoms with E-state index in [-0.39, 0.29) is 12.4 Å². The highest BCUT2D eigenvalue weighted by molar-refractivity contribution is 4.54. The van der Waals surface area contributed by atoms with Crippen molar-refractivity contribution in [3.05, 3.63) is 0 Å². The van der Waals surface area contributed by atoms with E-state index < -0.39 is 0 Å². The molecule has 0 fully saturated rings. The van der Waals surface area contributed by atoms with Crippen LogP contribution in [-0.2, 0) is 14.2 Å². The molecule has 0 saturated carbocycles. The topological polar surface area (TPSA) is 27.7 Å². The highest BCUT2D eigenvalue weighted by Crippen LogP contribution is 2.07. The Balaban J connectivity index is 3.64. The Morgan fingerprint density at radius 2 is 1.31 bits per heavy atom. The van der Waals surface area contributed by atoms with E-state index in [4.69, 9.17) is 14.2 Å². The average Bonchev–Trinajstić information content (AvgIpc) is 2.05. The molecule has 80 valence electrons. The van der Waals surface area contributed by atoms with Crippen molar-refractivity contribution >= 4 is 0 Å². The van der Waals surface area contributed by atoms with E-state index in [0.29, 0.717) is 13.2 Å². The van der Waals surface area contributed by atoms with Crippen LogP contribution in [0.2, 0.25) is 0 Å². The Kier molecular flexibility index (Phi) is 8.40. The molecule has 0 radical (unpaired) electrons. The summed E-state index contributed by atoms with van der Waals surface area (Å²) in [5.74, 6) is 0. The maximum absolute atomic E-state index is 5.40. The van der Waals surface area contributed by atoms with E-state index >= 15 is 0 Å². The van der Waals surface area contributed by atoms with Gasteiger partial charge >= 0.3 is 0 Å². The molecule has 0 rings (SSSR count). The normalized spacial score (nSPS) is 13.6. The molecule has 13 heavy (non-hydrogen) atoms. The number of ether oxygens (including phenoxy) is 3. The second-order valence-corrected chi connectivity index (χ2v) is 2.84. The lowest BCUT2D eigenvalue weighted by molar-refractivity contribution is -0.155. The smallest absolute Gasteiger partial charge is 0.160 e. The minimum absolute atomic E-state index is 0.114. The van der Waals surface area contributed by atoms with Crippen LogP contribution in [0.5, 0.6) is 0 Å². The van der Waals surface area contributed by atoms with E-state index in [1.54, 1.807) is 0 Å². The second-order valence-electron chi connectivity index (χ2n) is 2.84. The van der Waals surface area contributed by atoms with Gasteiger partial charge in [-0.2, -0.15) is 0 Å². The molecule has 0 bridgehead atoms. The van der Waals surface area contributed by atoms with Crippen molar-refractivity contribution in [1.29, 1.82) is 0 Å². The van der Waals surface area contributed by atoms with Crippen LogP contribution in [0.1, 0.15) is 34.1 Å². The third-order valence-corrected chi connectivity index (χ3v) is 1.68. The molecule has 0 unspecified atom stereocenters. The zero-order valence-corrected chi connectivity index (χ0v) is 9.21. The van der Waals surface area contributed by atoms with Gasteiger partial charge in [-0.3, -0.25) is 0 Å². The largest absolute Gasteiger partial charge is 0.379 e. The summed E-state index contributed by atoms with van der Waals surface area (Å²) in [7, 11) is 0. The molecule has 0 spiro atoms. The monoisotopic (exact) mass is 190 g/mol. The van der Waals surface area contributed by atoms with Crippen LogP contribution in [0, 0.1) is 0 Å². The Morgan fingerprint density at radius 3 is 1.69 bits per heavy atom. The minimum Gasteiger partial charge on any atom is -0.379 e. The fourth-order valence-corrected chi connectivity index (χ4v) is 1.18. The average molecular weight is 190 g/mol. The first kappa shape index (κ1) is 12.9. The third-order valence-electron chi connectivity index (χ3n) is 1.68. The lowest BCUT2D eigenvalue weighted by Gasteiger charge is -2.20. The maximum Gasteiger partial charge on any atom is 0.160 e. The van der Waals surface area contributed by atoms with E-state index in [1.165, 1.54) is 0 Å². The summed E-state index contributed by atoms with van der Waals surface area (Å²) in [6.45, 7) is 10.1. The zero-order valence-electron chi connectivity index (χ0n) is 9.21. The zero-order chi connectivity index (χ0) is 10.1. The maximum atomic E-state index is 5.40. The summed E-state index contributed by atoms with van der Waals surface area (Å²) in [5.41, 5.74) is 0. The van der Waals surface area contributed by atoms with E-state index in [0.717, 1.165) is 13.0 Å². The predicted molar refractivity (Wildman–Crippen MR) is 52.7 cm³/mol. The van der Waals surface area contributed by atoms with E-state index in [2.05, 4.69) is 0 Å². The molecule has 0 N–H and O–H groups in total. The molecule has 0 aromatic rings. The van der Waals surface area contributed by atoms with Crippen LogP contribution in [0.25, 0.3) is 0 Å². The summed E-state index contributed by atoms with van der Waals surface area (Å²) in [6.07, 6.45) is 0.889. The first-order valence-electron chi connectivity index (χ1n) is 5.09. The van der Waals surface area contributed by atoms with Gasteiger partial charge in [0.05, 0.1) is 6.10 Å². The van der Waals surface area contributed by atoms with Gasteiger partial charge in [-0.05, 0) is 27.7 Å². The number of rotatable bonds is 8. The summed E-state index contributed by atoms with van der Waals surface area (Å²) in [4.78, 5) is 0. The van der Waals surface area contributed by atoms with Gasteiger partial charge in [0.1, 0.15) is 0 Å². The molecule has 0 aliphatic heterocycles. The van der Waals surface area contributed by atoms with Crippen molar-refractivity contribution in [2.45, 2.75) is 46.5 Å². The molecular weight excluding hydrogens is 168 g/mol. The van der Waals surface area contributed by atoms with Gasteiger partial charge in [0.15, 0.2) is 6.29 Å². The van der Waals surface area contributed by atoms with Gasteiger partial charge in [-0.15, -0.1) is 0 Å². The van der Waals surface area contributed by atoms with Crippen molar-refractivity contribution in [2.75, 3.05) is 19.8 Å². The van der Waals surface area contributed by atoms with Crippen molar-refractivity contribution in [3.8, 4) is 0 Å². The van der Waals surface area contributed by atoms with Crippen molar-refractivity contribution < 1.29 is 14.2 Å². The van der Waals surface area contributed by atoms with Gasteiger partial charge in [-0.1, -0.05) is 0 Å². The Labute approximate surface area is 81.4 Å². The summed E-state index contributed by atoms with van der Waals surface area (Å²) in [6, 6.07) is 0.